The zero-order chi connectivity index (χ0) is 14.3. The Morgan fingerprint density at radius 2 is 2.00 bits per heavy atom. The Balaban J connectivity index is 1.70. The number of hydrogen-bond donors (Lipinski definition) is 2. The summed E-state index contributed by atoms with van der Waals surface area (Å²) in [6.07, 6.45) is 6.47. The molecule has 1 aromatic carbocycles. The van der Waals surface area contributed by atoms with E-state index in [1.165, 1.54) is 0 Å². The van der Waals surface area contributed by atoms with Crippen LogP contribution in [0.1, 0.15) is 38.0 Å². The van der Waals surface area contributed by atoms with Gasteiger partial charge in [-0.25, -0.2) is 0 Å². The summed E-state index contributed by atoms with van der Waals surface area (Å²) < 4.78 is 5.33. The Morgan fingerprint density at radius 1 is 1.14 bits per heavy atom. The summed E-state index contributed by atoms with van der Waals surface area (Å²) in [5.41, 5.74) is 0.981. The summed E-state index contributed by atoms with van der Waals surface area (Å²) in [7, 11) is 0. The van der Waals surface area contributed by atoms with Gasteiger partial charge < -0.3 is 14.6 Å². The van der Waals surface area contributed by atoms with Gasteiger partial charge in [0.05, 0.1) is 0 Å². The highest BCUT2D eigenvalue weighted by atomic mass is 16.5. The van der Waals surface area contributed by atoms with E-state index in [4.69, 9.17) is 4.52 Å². The summed E-state index contributed by atoms with van der Waals surface area (Å²) >= 11 is 0. The van der Waals surface area contributed by atoms with Crippen LogP contribution in [-0.4, -0.2) is 20.2 Å². The van der Waals surface area contributed by atoms with Gasteiger partial charge >= 0.3 is 0 Å². The molecule has 0 radical (unpaired) electrons. The molecular weight excluding hydrogens is 266 g/mol. The minimum absolute atomic E-state index is 0.351. The van der Waals surface area contributed by atoms with E-state index in [9.17, 15) is 5.11 Å². The van der Waals surface area contributed by atoms with Crippen molar-refractivity contribution in [3.8, 4) is 11.4 Å². The van der Waals surface area contributed by atoms with Crippen LogP contribution in [0.25, 0.3) is 22.3 Å². The number of nitrogens with zero attached hydrogens (tertiary/aromatic N) is 2. The van der Waals surface area contributed by atoms with Gasteiger partial charge in [-0.2, -0.15) is 4.98 Å². The van der Waals surface area contributed by atoms with Crippen LogP contribution < -0.4 is 0 Å². The molecule has 4 rings (SSSR count). The first-order valence-electron chi connectivity index (χ1n) is 7.39. The molecule has 3 aromatic rings. The number of fused-ring (bicyclic) bond motifs is 1. The maximum Gasteiger partial charge on any atom is 0.258 e. The molecule has 2 aromatic heterocycles. The van der Waals surface area contributed by atoms with Gasteiger partial charge in [-0.3, -0.25) is 0 Å². The van der Waals surface area contributed by atoms with E-state index in [2.05, 4.69) is 15.1 Å². The number of nitrogens with one attached hydrogen (secondary N) is 1. The quantitative estimate of drug-likeness (QED) is 0.756. The maximum atomic E-state index is 10.6. The summed E-state index contributed by atoms with van der Waals surface area (Å²) in [6, 6.07) is 8.00. The van der Waals surface area contributed by atoms with Gasteiger partial charge in [-0.15, -0.1) is 0 Å². The SMILES string of the molecule is OC1(c2nc(-c3ccc4cc[nH]c4c3)no2)CCCCC1. The van der Waals surface area contributed by atoms with E-state index < -0.39 is 5.60 Å². The lowest BCUT2D eigenvalue weighted by Gasteiger charge is -2.27. The first-order valence-corrected chi connectivity index (χ1v) is 7.39. The molecule has 1 aliphatic carbocycles. The lowest BCUT2D eigenvalue weighted by Crippen LogP contribution is -2.28. The van der Waals surface area contributed by atoms with Crippen molar-refractivity contribution in [2.45, 2.75) is 37.7 Å². The first-order chi connectivity index (χ1) is 10.2. The molecule has 0 saturated heterocycles. The molecule has 2 N–H and O–H groups in total. The molecule has 1 aliphatic rings. The molecule has 0 spiro atoms. The monoisotopic (exact) mass is 283 g/mol. The largest absolute Gasteiger partial charge is 0.380 e. The van der Waals surface area contributed by atoms with Crippen molar-refractivity contribution in [3.05, 3.63) is 36.4 Å². The van der Waals surface area contributed by atoms with E-state index in [1.807, 2.05) is 30.5 Å². The predicted molar refractivity (Wildman–Crippen MR) is 78.6 cm³/mol. The van der Waals surface area contributed by atoms with E-state index in [0.717, 1.165) is 35.7 Å². The van der Waals surface area contributed by atoms with Crippen molar-refractivity contribution in [3.63, 3.8) is 0 Å². The van der Waals surface area contributed by atoms with Crippen molar-refractivity contribution in [1.29, 1.82) is 0 Å². The molecule has 2 heterocycles. The van der Waals surface area contributed by atoms with Crippen LogP contribution in [0, 0.1) is 0 Å². The fourth-order valence-corrected chi connectivity index (χ4v) is 3.07. The lowest BCUT2D eigenvalue weighted by molar-refractivity contribution is -0.0287. The molecular formula is C16H17N3O2. The Kier molecular flexibility index (Phi) is 2.82. The number of hydrogen-bond acceptors (Lipinski definition) is 4. The van der Waals surface area contributed by atoms with Gasteiger partial charge in [0, 0.05) is 17.3 Å². The maximum absolute atomic E-state index is 10.6. The van der Waals surface area contributed by atoms with Crippen LogP contribution >= 0.6 is 0 Å². The van der Waals surface area contributed by atoms with Crippen molar-refractivity contribution >= 4 is 10.9 Å². The van der Waals surface area contributed by atoms with Crippen molar-refractivity contribution in [2.24, 2.45) is 0 Å². The fourth-order valence-electron chi connectivity index (χ4n) is 3.07. The number of aromatic nitrogens is 3. The first kappa shape index (κ1) is 12.6. The highest BCUT2D eigenvalue weighted by Gasteiger charge is 2.36. The molecule has 21 heavy (non-hydrogen) atoms. The van der Waals surface area contributed by atoms with E-state index in [0.29, 0.717) is 24.6 Å². The van der Waals surface area contributed by atoms with Crippen LogP contribution in [0.15, 0.2) is 35.0 Å². The standard InChI is InChI=1S/C16H17N3O2/c20-16(7-2-1-3-8-16)15-18-14(19-21-15)12-5-4-11-6-9-17-13(11)10-12/h4-6,9-10,17,20H,1-3,7-8H2. The van der Waals surface area contributed by atoms with Crippen LogP contribution in [0.2, 0.25) is 0 Å². The number of aliphatic hydroxyl groups is 1. The normalized spacial score (nSPS) is 18.1. The molecule has 0 atom stereocenters. The molecule has 0 unspecified atom stereocenters. The van der Waals surface area contributed by atoms with E-state index in [-0.39, 0.29) is 0 Å². The second-order valence-electron chi connectivity index (χ2n) is 5.80. The smallest absolute Gasteiger partial charge is 0.258 e. The third kappa shape index (κ3) is 2.14. The predicted octanol–water partition coefficient (Wildman–Crippen LogP) is 3.37. The molecule has 5 heteroatoms. The Morgan fingerprint density at radius 3 is 2.86 bits per heavy atom. The zero-order valence-electron chi connectivity index (χ0n) is 11.7. The van der Waals surface area contributed by atoms with Gasteiger partial charge in [0.1, 0.15) is 5.60 Å². The Labute approximate surface area is 122 Å². The summed E-state index contributed by atoms with van der Waals surface area (Å²) in [4.78, 5) is 7.60. The fraction of sp³-hybridized carbons (Fsp3) is 0.375. The highest BCUT2D eigenvalue weighted by Crippen LogP contribution is 2.36. The highest BCUT2D eigenvalue weighted by molar-refractivity contribution is 5.83. The second kappa shape index (κ2) is 4.70. The van der Waals surface area contributed by atoms with Crippen molar-refractivity contribution < 1.29 is 9.63 Å². The van der Waals surface area contributed by atoms with E-state index in [1.54, 1.807) is 0 Å². The summed E-state index contributed by atoms with van der Waals surface area (Å²) in [5.74, 6) is 0.879. The third-order valence-corrected chi connectivity index (χ3v) is 4.32. The Bertz CT molecular complexity index is 769. The average Bonchev–Trinajstić information content (AvgIpc) is 3.17. The number of benzene rings is 1. The van der Waals surface area contributed by atoms with Crippen LogP contribution in [0.4, 0.5) is 0 Å². The topological polar surface area (TPSA) is 74.9 Å². The Hall–Kier alpha value is -2.14. The minimum atomic E-state index is -0.944. The van der Waals surface area contributed by atoms with Gasteiger partial charge in [0.15, 0.2) is 0 Å². The molecule has 0 amide bonds. The van der Waals surface area contributed by atoms with Gasteiger partial charge in [0.25, 0.3) is 5.89 Å². The molecule has 1 fully saturated rings. The molecule has 1 saturated carbocycles. The molecule has 0 aliphatic heterocycles. The van der Waals surface area contributed by atoms with Gasteiger partial charge in [-0.1, -0.05) is 36.6 Å². The lowest BCUT2D eigenvalue weighted by atomic mass is 9.85. The molecule has 5 nitrogen and oxygen atoms in total. The zero-order valence-corrected chi connectivity index (χ0v) is 11.7. The summed E-state index contributed by atoms with van der Waals surface area (Å²) in [6.45, 7) is 0. The second-order valence-corrected chi connectivity index (χ2v) is 5.80. The summed E-state index contributed by atoms with van der Waals surface area (Å²) in [5, 5.41) is 15.8. The van der Waals surface area contributed by atoms with Gasteiger partial charge in [0.2, 0.25) is 5.82 Å². The van der Waals surface area contributed by atoms with Gasteiger partial charge in [-0.05, 0) is 30.4 Å². The van der Waals surface area contributed by atoms with E-state index >= 15 is 0 Å². The minimum Gasteiger partial charge on any atom is -0.380 e. The molecule has 108 valence electrons. The van der Waals surface area contributed by atoms with Crippen LogP contribution in [-0.2, 0) is 5.60 Å². The van der Waals surface area contributed by atoms with Crippen LogP contribution in [0.5, 0.6) is 0 Å². The third-order valence-electron chi connectivity index (χ3n) is 4.32. The number of rotatable bonds is 2. The average molecular weight is 283 g/mol. The van der Waals surface area contributed by atoms with Crippen LogP contribution in [0.3, 0.4) is 0 Å². The molecule has 0 bridgehead atoms. The van der Waals surface area contributed by atoms with Crippen molar-refractivity contribution in [2.75, 3.05) is 0 Å². The van der Waals surface area contributed by atoms with Crippen molar-refractivity contribution in [1.82, 2.24) is 15.1 Å². The number of aromatic amines is 1. The number of H-pyrrole nitrogens is 1.